The number of hydrogen-bond donors (Lipinski definition) is 0. The van der Waals surface area contributed by atoms with Crippen LogP contribution in [-0.2, 0) is 0 Å². The van der Waals surface area contributed by atoms with Crippen LogP contribution >= 0.6 is 0 Å². The molecule has 0 radical (unpaired) electrons. The number of benzene rings is 11. The van der Waals surface area contributed by atoms with Crippen LogP contribution in [0.1, 0.15) is 0 Å². The van der Waals surface area contributed by atoms with Gasteiger partial charge in [0, 0.05) is 44.0 Å². The van der Waals surface area contributed by atoms with E-state index in [-0.39, 0.29) is 0 Å². The van der Waals surface area contributed by atoms with Crippen molar-refractivity contribution in [3.63, 3.8) is 0 Å². The zero-order chi connectivity index (χ0) is 44.7. The molecule has 0 aliphatic carbocycles. The fourth-order valence-corrected chi connectivity index (χ4v) is 10.9. The Morgan fingerprint density at radius 2 is 0.588 bits per heavy atom. The van der Waals surface area contributed by atoms with Gasteiger partial charge in [0.2, 0.25) is 0 Å². The molecule has 14 aromatic rings. The molecule has 3 aromatic heterocycles. The summed E-state index contributed by atoms with van der Waals surface area (Å²) in [5.74, 6) is 0. The molecule has 0 N–H and O–H groups in total. The molecule has 0 unspecified atom stereocenters. The summed E-state index contributed by atoms with van der Waals surface area (Å²) in [5.41, 5.74) is 15.8. The standard InChI is InChI=1S/C65H41N3/c1-3-15-43(16-4-1)60-39-47(40-61(66-60)44-17-5-2-6-18-44)42-27-31-48(32-28-42)67-62-25-13-11-23-55(62)58-37-45(29-35-64(58)67)46-30-36-65-59(38-46)56-24-12-14-26-63(56)68(65)49-33-34-54-52-21-8-7-19-50(52)51-20-9-10-22-53(51)57(54)41-49/h1-41H. The van der Waals surface area contributed by atoms with Crippen molar-refractivity contribution in [1.82, 2.24) is 14.1 Å². The van der Waals surface area contributed by atoms with E-state index in [0.29, 0.717) is 0 Å². The van der Waals surface area contributed by atoms with Crippen molar-refractivity contribution in [1.29, 1.82) is 0 Å². The highest BCUT2D eigenvalue weighted by Gasteiger charge is 2.18. The van der Waals surface area contributed by atoms with Gasteiger partial charge in [0.15, 0.2) is 0 Å². The highest BCUT2D eigenvalue weighted by atomic mass is 15.0. The van der Waals surface area contributed by atoms with Crippen LogP contribution in [0, 0.1) is 0 Å². The van der Waals surface area contributed by atoms with Crippen molar-refractivity contribution in [2.75, 3.05) is 0 Å². The van der Waals surface area contributed by atoms with Gasteiger partial charge >= 0.3 is 0 Å². The molecule has 14 rings (SSSR count). The van der Waals surface area contributed by atoms with E-state index >= 15 is 0 Å². The summed E-state index contributed by atoms with van der Waals surface area (Å²) in [5, 5.41) is 12.6. The van der Waals surface area contributed by atoms with Crippen molar-refractivity contribution in [2.45, 2.75) is 0 Å². The lowest BCUT2D eigenvalue weighted by molar-refractivity contribution is 1.18. The third kappa shape index (κ3) is 6.03. The van der Waals surface area contributed by atoms with Gasteiger partial charge in [0.1, 0.15) is 0 Å². The zero-order valence-electron chi connectivity index (χ0n) is 37.0. The molecule has 11 aromatic carbocycles. The highest BCUT2D eigenvalue weighted by molar-refractivity contribution is 6.25. The molecule has 316 valence electrons. The van der Waals surface area contributed by atoms with Gasteiger partial charge in [-0.15, -0.1) is 0 Å². The highest BCUT2D eigenvalue weighted by Crippen LogP contribution is 2.41. The fourth-order valence-electron chi connectivity index (χ4n) is 10.9. The van der Waals surface area contributed by atoms with Crippen LogP contribution in [0.4, 0.5) is 0 Å². The van der Waals surface area contributed by atoms with Crippen LogP contribution in [0.15, 0.2) is 249 Å². The second-order valence-electron chi connectivity index (χ2n) is 17.9. The average molecular weight is 864 g/mol. The first kappa shape index (κ1) is 38.2. The van der Waals surface area contributed by atoms with Crippen LogP contribution < -0.4 is 0 Å². The number of rotatable bonds is 6. The average Bonchev–Trinajstić information content (AvgIpc) is 3.93. The van der Waals surface area contributed by atoms with E-state index < -0.39 is 0 Å². The normalized spacial score (nSPS) is 11.8. The topological polar surface area (TPSA) is 22.8 Å². The monoisotopic (exact) mass is 863 g/mol. The fraction of sp³-hybridized carbons (Fsp3) is 0. The molecular weight excluding hydrogens is 823 g/mol. The van der Waals surface area contributed by atoms with Crippen LogP contribution in [0.25, 0.3) is 132 Å². The van der Waals surface area contributed by atoms with Gasteiger partial charge in [-0.2, -0.15) is 0 Å². The molecule has 3 heterocycles. The second-order valence-corrected chi connectivity index (χ2v) is 17.9. The number of aromatic nitrogens is 3. The Bertz CT molecular complexity index is 4200. The summed E-state index contributed by atoms with van der Waals surface area (Å²) in [7, 11) is 0. The molecule has 0 aliphatic rings. The van der Waals surface area contributed by atoms with Crippen molar-refractivity contribution >= 4 is 75.9 Å². The Kier molecular flexibility index (Phi) is 8.59. The second kappa shape index (κ2) is 15.3. The molecule has 0 saturated heterocycles. The Balaban J connectivity index is 0.866. The van der Waals surface area contributed by atoms with Gasteiger partial charge in [-0.1, -0.05) is 176 Å². The van der Waals surface area contributed by atoms with Gasteiger partial charge in [0.05, 0.1) is 33.5 Å². The Hall–Kier alpha value is -9.05. The lowest BCUT2D eigenvalue weighted by atomic mass is 9.94. The number of fused-ring (bicyclic) bond motifs is 12. The van der Waals surface area contributed by atoms with Gasteiger partial charge in [0.25, 0.3) is 0 Å². The predicted octanol–water partition coefficient (Wildman–Crippen LogP) is 17.4. The van der Waals surface area contributed by atoms with Gasteiger partial charge < -0.3 is 9.13 Å². The van der Waals surface area contributed by atoms with E-state index in [1.54, 1.807) is 0 Å². The van der Waals surface area contributed by atoms with E-state index in [9.17, 15) is 0 Å². The van der Waals surface area contributed by atoms with Crippen molar-refractivity contribution in [3.05, 3.63) is 249 Å². The van der Waals surface area contributed by atoms with Crippen LogP contribution in [0.5, 0.6) is 0 Å². The summed E-state index contributed by atoms with van der Waals surface area (Å²) < 4.78 is 4.85. The molecule has 0 spiro atoms. The summed E-state index contributed by atoms with van der Waals surface area (Å²) >= 11 is 0. The summed E-state index contributed by atoms with van der Waals surface area (Å²) in [4.78, 5) is 5.12. The Labute approximate surface area is 393 Å². The smallest absolute Gasteiger partial charge is 0.0715 e. The van der Waals surface area contributed by atoms with Crippen LogP contribution in [-0.4, -0.2) is 14.1 Å². The molecule has 0 bridgehead atoms. The minimum Gasteiger partial charge on any atom is -0.309 e. The molecule has 0 atom stereocenters. The summed E-state index contributed by atoms with van der Waals surface area (Å²) in [6.07, 6.45) is 0. The number of nitrogens with zero attached hydrogens (tertiary/aromatic N) is 3. The molecule has 0 saturated carbocycles. The Morgan fingerprint density at radius 3 is 1.10 bits per heavy atom. The summed E-state index contributed by atoms with van der Waals surface area (Å²) in [6, 6.07) is 90.6. The van der Waals surface area contributed by atoms with Gasteiger partial charge in [-0.3, -0.25) is 0 Å². The van der Waals surface area contributed by atoms with E-state index in [2.05, 4.69) is 258 Å². The van der Waals surface area contributed by atoms with Crippen LogP contribution in [0.3, 0.4) is 0 Å². The van der Waals surface area contributed by atoms with Gasteiger partial charge in [-0.05, 0) is 127 Å². The number of para-hydroxylation sites is 2. The molecule has 68 heavy (non-hydrogen) atoms. The molecular formula is C65H41N3. The maximum absolute atomic E-state index is 5.12. The van der Waals surface area contributed by atoms with Crippen molar-refractivity contribution in [3.8, 4) is 56.1 Å². The third-order valence-electron chi connectivity index (χ3n) is 14.1. The van der Waals surface area contributed by atoms with Crippen molar-refractivity contribution < 1.29 is 0 Å². The minimum absolute atomic E-state index is 0.960. The first-order valence-electron chi connectivity index (χ1n) is 23.4. The van der Waals surface area contributed by atoms with E-state index in [4.69, 9.17) is 4.98 Å². The predicted molar refractivity (Wildman–Crippen MR) is 287 cm³/mol. The lowest BCUT2D eigenvalue weighted by Crippen LogP contribution is -1.95. The minimum atomic E-state index is 0.960. The first-order valence-corrected chi connectivity index (χ1v) is 23.4. The quantitative estimate of drug-likeness (QED) is 0.153. The molecule has 0 fully saturated rings. The van der Waals surface area contributed by atoms with Crippen LogP contribution in [0.2, 0.25) is 0 Å². The van der Waals surface area contributed by atoms with E-state index in [1.807, 2.05) is 0 Å². The SMILES string of the molecule is c1ccc(-c2cc(-c3ccc(-n4c5ccccc5c5cc(-c6ccc7c(c6)c6ccccc6n7-c6ccc7c8ccccc8c8ccccc8c7c6)ccc54)cc3)cc(-c3ccccc3)n2)cc1. The third-order valence-corrected chi connectivity index (χ3v) is 14.1. The van der Waals surface area contributed by atoms with Crippen molar-refractivity contribution in [2.24, 2.45) is 0 Å². The lowest BCUT2D eigenvalue weighted by Gasteiger charge is -2.14. The molecule has 0 aliphatic heterocycles. The summed E-state index contributed by atoms with van der Waals surface area (Å²) in [6.45, 7) is 0. The number of hydrogen-bond acceptors (Lipinski definition) is 1. The Morgan fingerprint density at radius 1 is 0.206 bits per heavy atom. The zero-order valence-corrected chi connectivity index (χ0v) is 37.0. The largest absolute Gasteiger partial charge is 0.309 e. The van der Waals surface area contributed by atoms with E-state index in [0.717, 1.165) is 45.0 Å². The maximum atomic E-state index is 5.12. The number of pyridine rings is 1. The van der Waals surface area contributed by atoms with E-state index in [1.165, 1.54) is 87.1 Å². The molecule has 3 heteroatoms. The maximum Gasteiger partial charge on any atom is 0.0715 e. The van der Waals surface area contributed by atoms with Gasteiger partial charge in [-0.25, -0.2) is 4.98 Å². The first-order chi connectivity index (χ1) is 33.7. The molecule has 3 nitrogen and oxygen atoms in total. The molecule has 0 amide bonds.